The summed E-state index contributed by atoms with van der Waals surface area (Å²) < 4.78 is 6.89. The highest BCUT2D eigenvalue weighted by Crippen LogP contribution is 2.31. The normalized spacial score (nSPS) is 10.8. The fourth-order valence-corrected chi connectivity index (χ4v) is 3.10. The van der Waals surface area contributed by atoms with Gasteiger partial charge in [-0.15, -0.1) is 0 Å². The van der Waals surface area contributed by atoms with Gasteiger partial charge < -0.3 is 10.5 Å². The highest BCUT2D eigenvalue weighted by molar-refractivity contribution is 5.71. The average Bonchev–Trinajstić information content (AvgIpc) is 2.70. The average molecular weight is 363 g/mol. The third kappa shape index (κ3) is 4.19. The molecule has 0 unspecified atom stereocenters. The minimum absolute atomic E-state index is 0.132. The Bertz CT molecular complexity index is 1010. The van der Waals surface area contributed by atoms with Crippen molar-refractivity contribution in [1.82, 2.24) is 9.55 Å². The molecule has 1 heterocycles. The van der Waals surface area contributed by atoms with Gasteiger partial charge >= 0.3 is 0 Å². The number of nitrogens with zero attached hydrogens (tertiary/aromatic N) is 2. The predicted molar refractivity (Wildman–Crippen MR) is 109 cm³/mol. The molecular weight excluding hydrogens is 338 g/mol. The van der Waals surface area contributed by atoms with Gasteiger partial charge in [-0.05, 0) is 48.1 Å². The number of aryl methyl sites for hydroxylation is 3. The van der Waals surface area contributed by atoms with Gasteiger partial charge in [-0.25, -0.2) is 4.98 Å². The van der Waals surface area contributed by atoms with Crippen molar-refractivity contribution in [1.29, 1.82) is 0 Å². The molecule has 0 aliphatic carbocycles. The van der Waals surface area contributed by atoms with Crippen LogP contribution < -0.4 is 16.0 Å². The zero-order valence-corrected chi connectivity index (χ0v) is 16.0. The lowest BCUT2D eigenvalue weighted by Gasteiger charge is -2.12. The molecule has 0 atom stereocenters. The van der Waals surface area contributed by atoms with Gasteiger partial charge in [-0.3, -0.25) is 9.36 Å². The summed E-state index contributed by atoms with van der Waals surface area (Å²) in [4.78, 5) is 16.2. The molecule has 0 aliphatic rings. The van der Waals surface area contributed by atoms with Gasteiger partial charge in [0, 0.05) is 18.7 Å². The van der Waals surface area contributed by atoms with Gasteiger partial charge in [0.25, 0.3) is 5.56 Å². The monoisotopic (exact) mass is 363 g/mol. The van der Waals surface area contributed by atoms with Crippen molar-refractivity contribution in [2.75, 3.05) is 12.8 Å². The van der Waals surface area contributed by atoms with Gasteiger partial charge in [0.1, 0.15) is 5.75 Å². The van der Waals surface area contributed by atoms with Crippen LogP contribution in [-0.2, 0) is 26.3 Å². The third-order valence-corrected chi connectivity index (χ3v) is 4.80. The zero-order chi connectivity index (χ0) is 19.4. The molecule has 0 amide bonds. The highest BCUT2D eigenvalue weighted by atomic mass is 16.5. The number of ether oxygens (including phenoxy) is 1. The molecule has 0 saturated heterocycles. The molecule has 5 nitrogen and oxygen atoms in total. The summed E-state index contributed by atoms with van der Waals surface area (Å²) in [6.45, 7) is 2.14. The summed E-state index contributed by atoms with van der Waals surface area (Å²) in [5.41, 5.74) is 11.0. The summed E-state index contributed by atoms with van der Waals surface area (Å²) >= 11 is 0. The van der Waals surface area contributed by atoms with Crippen LogP contribution in [0.3, 0.4) is 0 Å². The Morgan fingerprint density at radius 1 is 1.07 bits per heavy atom. The van der Waals surface area contributed by atoms with Crippen molar-refractivity contribution in [2.24, 2.45) is 7.05 Å². The molecule has 0 saturated carbocycles. The van der Waals surface area contributed by atoms with E-state index in [0.717, 1.165) is 29.7 Å². The number of methoxy groups -OCH3 is 1. The molecule has 140 valence electrons. The second-order valence-electron chi connectivity index (χ2n) is 6.59. The Labute approximate surface area is 159 Å². The van der Waals surface area contributed by atoms with Crippen LogP contribution in [0.1, 0.15) is 23.7 Å². The van der Waals surface area contributed by atoms with E-state index in [2.05, 4.69) is 48.3 Å². The number of nitrogens with two attached hydrogens (primary N) is 1. The Hall–Kier alpha value is -3.08. The number of benzene rings is 2. The molecule has 3 rings (SSSR count). The standard InChI is InChI=1S/C22H25N3O2/c1-4-15-9-11-20(27-3)19(13-15)17-7-5-6-16(12-17)8-10-18-14-21(26)25(2)22(23)24-18/h5-7,9,11-14H,4,8,10H2,1-3H3,(H2,23,24). The number of aromatic nitrogens is 2. The van der Waals surface area contributed by atoms with E-state index in [-0.39, 0.29) is 11.5 Å². The number of anilines is 1. The molecule has 0 bridgehead atoms. The summed E-state index contributed by atoms with van der Waals surface area (Å²) in [5.74, 6) is 1.11. The molecule has 3 aromatic rings. The van der Waals surface area contributed by atoms with Crippen LogP contribution in [0.2, 0.25) is 0 Å². The van der Waals surface area contributed by atoms with Crippen molar-refractivity contribution in [3.05, 3.63) is 75.7 Å². The first-order valence-electron chi connectivity index (χ1n) is 9.10. The predicted octanol–water partition coefficient (Wildman–Crippen LogP) is 3.39. The molecule has 27 heavy (non-hydrogen) atoms. The molecular formula is C22H25N3O2. The Kier molecular flexibility index (Phi) is 5.60. The number of rotatable bonds is 6. The van der Waals surface area contributed by atoms with E-state index in [1.807, 2.05) is 6.07 Å². The Balaban J connectivity index is 1.85. The molecule has 0 radical (unpaired) electrons. The smallest absolute Gasteiger partial charge is 0.254 e. The summed E-state index contributed by atoms with van der Waals surface area (Å²) in [5, 5.41) is 0. The molecule has 5 heteroatoms. The van der Waals surface area contributed by atoms with E-state index < -0.39 is 0 Å². The number of hydrogen-bond donors (Lipinski definition) is 1. The number of nitrogen functional groups attached to an aromatic ring is 1. The van der Waals surface area contributed by atoms with Crippen molar-refractivity contribution >= 4 is 5.95 Å². The maximum Gasteiger partial charge on any atom is 0.254 e. The van der Waals surface area contributed by atoms with Gasteiger partial charge in [0.05, 0.1) is 12.8 Å². The van der Waals surface area contributed by atoms with Crippen molar-refractivity contribution < 1.29 is 4.74 Å². The summed E-state index contributed by atoms with van der Waals surface area (Å²) in [6, 6.07) is 16.2. The van der Waals surface area contributed by atoms with E-state index in [9.17, 15) is 4.79 Å². The van der Waals surface area contributed by atoms with Crippen LogP contribution in [0.25, 0.3) is 11.1 Å². The minimum atomic E-state index is -0.132. The molecule has 0 aliphatic heterocycles. The van der Waals surface area contributed by atoms with E-state index in [0.29, 0.717) is 12.1 Å². The first-order chi connectivity index (χ1) is 13.0. The number of hydrogen-bond acceptors (Lipinski definition) is 4. The van der Waals surface area contributed by atoms with Gasteiger partial charge in [0.15, 0.2) is 0 Å². The molecule has 1 aromatic heterocycles. The lowest BCUT2D eigenvalue weighted by atomic mass is 9.97. The van der Waals surface area contributed by atoms with Crippen LogP contribution in [0.4, 0.5) is 5.95 Å². The van der Waals surface area contributed by atoms with Crippen LogP contribution in [0.15, 0.2) is 53.3 Å². The van der Waals surface area contributed by atoms with E-state index in [4.69, 9.17) is 10.5 Å². The van der Waals surface area contributed by atoms with E-state index in [1.165, 1.54) is 15.7 Å². The Morgan fingerprint density at radius 2 is 1.89 bits per heavy atom. The second-order valence-corrected chi connectivity index (χ2v) is 6.59. The zero-order valence-electron chi connectivity index (χ0n) is 16.0. The summed E-state index contributed by atoms with van der Waals surface area (Å²) in [6.07, 6.45) is 2.42. The lowest BCUT2D eigenvalue weighted by molar-refractivity contribution is 0.416. The van der Waals surface area contributed by atoms with Gasteiger partial charge in [-0.1, -0.05) is 37.3 Å². The fraction of sp³-hybridized carbons (Fsp3) is 0.273. The molecule has 0 fully saturated rings. The minimum Gasteiger partial charge on any atom is -0.496 e. The quantitative estimate of drug-likeness (QED) is 0.729. The maximum absolute atomic E-state index is 11.9. The van der Waals surface area contributed by atoms with E-state index >= 15 is 0 Å². The largest absolute Gasteiger partial charge is 0.496 e. The highest BCUT2D eigenvalue weighted by Gasteiger charge is 2.09. The van der Waals surface area contributed by atoms with Crippen LogP contribution in [0.5, 0.6) is 5.75 Å². The van der Waals surface area contributed by atoms with Crippen LogP contribution in [-0.4, -0.2) is 16.7 Å². The molecule has 2 N–H and O–H groups in total. The topological polar surface area (TPSA) is 70.1 Å². The van der Waals surface area contributed by atoms with Crippen molar-refractivity contribution in [3.63, 3.8) is 0 Å². The van der Waals surface area contributed by atoms with Crippen molar-refractivity contribution in [3.8, 4) is 16.9 Å². The second kappa shape index (κ2) is 8.08. The first-order valence-corrected chi connectivity index (χ1v) is 9.10. The maximum atomic E-state index is 11.9. The van der Waals surface area contributed by atoms with Crippen LogP contribution in [0, 0.1) is 0 Å². The van der Waals surface area contributed by atoms with Crippen molar-refractivity contribution in [2.45, 2.75) is 26.2 Å². The molecule has 0 spiro atoms. The third-order valence-electron chi connectivity index (χ3n) is 4.80. The summed E-state index contributed by atoms with van der Waals surface area (Å²) in [7, 11) is 3.32. The lowest BCUT2D eigenvalue weighted by Crippen LogP contribution is -2.21. The molecule has 2 aromatic carbocycles. The van der Waals surface area contributed by atoms with Crippen LogP contribution >= 0.6 is 0 Å². The first kappa shape index (κ1) is 18.7. The van der Waals surface area contributed by atoms with Gasteiger partial charge in [-0.2, -0.15) is 0 Å². The Morgan fingerprint density at radius 3 is 2.59 bits per heavy atom. The SMILES string of the molecule is CCc1ccc(OC)c(-c2cccc(CCc3cc(=O)n(C)c(N)n3)c2)c1. The van der Waals surface area contributed by atoms with Gasteiger partial charge in [0.2, 0.25) is 5.95 Å². The van der Waals surface area contributed by atoms with E-state index in [1.54, 1.807) is 20.2 Å². The fourth-order valence-electron chi connectivity index (χ4n) is 3.10.